The van der Waals surface area contributed by atoms with Gasteiger partial charge in [-0.2, -0.15) is 0 Å². The average molecular weight is 1610 g/mol. The first kappa shape index (κ1) is 95.7. The van der Waals surface area contributed by atoms with Gasteiger partial charge >= 0.3 is 47.8 Å². The lowest BCUT2D eigenvalue weighted by Gasteiger charge is -2.40. The number of nitrogens with one attached hydrogen (secondary N) is 2. The van der Waals surface area contributed by atoms with Crippen molar-refractivity contribution >= 4 is 53.4 Å². The second-order valence-electron chi connectivity index (χ2n) is 31.2. The van der Waals surface area contributed by atoms with Gasteiger partial charge < -0.3 is 58.3 Å². The minimum Gasteiger partial charge on any atom is -0.462 e. The normalized spacial score (nSPS) is 17.1. The van der Waals surface area contributed by atoms with Crippen molar-refractivity contribution in [3.8, 4) is 0 Å². The van der Waals surface area contributed by atoms with Gasteiger partial charge in [-0.25, -0.2) is 42.7 Å². The van der Waals surface area contributed by atoms with Gasteiger partial charge in [0.25, 0.3) is 5.69 Å². The highest BCUT2D eigenvalue weighted by atomic mass is 19.1. The number of ether oxygens (including phenoxy) is 8. The predicted molar refractivity (Wildman–Crippen MR) is 445 cm³/mol. The summed E-state index contributed by atoms with van der Waals surface area (Å²) in [7, 11) is 1.86. The molecule has 116 heavy (non-hydrogen) atoms. The Morgan fingerprint density at radius 1 is 0.397 bits per heavy atom. The predicted octanol–water partition coefficient (Wildman–Crippen LogP) is 18.1. The molecule has 4 aliphatic rings. The fourth-order valence-corrected chi connectivity index (χ4v) is 14.0. The number of halogens is 1. The van der Waals surface area contributed by atoms with E-state index in [1.807, 2.05) is 156 Å². The van der Waals surface area contributed by atoms with Crippen LogP contribution < -0.4 is 10.6 Å². The van der Waals surface area contributed by atoms with Gasteiger partial charge in [0.05, 0.1) is 124 Å². The zero-order valence-electron chi connectivity index (χ0n) is 72.7. The Labute approximate surface area is 685 Å². The van der Waals surface area contributed by atoms with Crippen molar-refractivity contribution in [3.05, 3.63) is 237 Å². The number of carbonyl (C=O) groups is 8. The number of esters is 8. The monoisotopic (exact) mass is 1600 g/mol. The first-order valence-corrected chi connectivity index (χ1v) is 39.9. The van der Waals surface area contributed by atoms with Crippen molar-refractivity contribution in [3.63, 3.8) is 0 Å². The SMILES string of the molecule is CCCOC(=O)C1=C(C)N(C(C)C)C(C)=C(C(=O)OC(C)C)C1c1ccc([N+](=O)[O-])cc1.CCCOC(=O)C1=C(C)N(C)C(C)=C(C(=O)OC(C)C)C1c1ccc(C(C)(C)C)cc1.CCCOC(=O)C1=C(C)NC(C)=C(C(=O)OC(C)C)C1c1ccc(F)cc1.CCCOC(=O)C1=C(C)NC(C)=C(C(=O)OC(C)C)C1c1ccccc1. The summed E-state index contributed by atoms with van der Waals surface area (Å²) in [5, 5.41) is 17.4. The molecule has 0 saturated carbocycles. The minimum atomic E-state index is -0.763. The van der Waals surface area contributed by atoms with E-state index in [0.717, 1.165) is 35.4 Å². The highest BCUT2D eigenvalue weighted by Crippen LogP contribution is 2.47. The van der Waals surface area contributed by atoms with Crippen LogP contribution in [0.3, 0.4) is 0 Å². The van der Waals surface area contributed by atoms with E-state index in [1.165, 1.54) is 29.8 Å². The molecular formula is C92H122FN5O18. The minimum absolute atomic E-state index is 0.00507. The van der Waals surface area contributed by atoms with E-state index in [-0.39, 0.29) is 54.8 Å². The number of dihydropyridines is 2. The summed E-state index contributed by atoms with van der Waals surface area (Å²) in [6.07, 6.45) is 1.64. The quantitative estimate of drug-likeness (QED) is 0.0256. The number of rotatable bonds is 26. The van der Waals surface area contributed by atoms with Crippen molar-refractivity contribution in [2.45, 2.75) is 258 Å². The van der Waals surface area contributed by atoms with Crippen LogP contribution in [-0.2, 0) is 81.7 Å². The summed E-state index contributed by atoms with van der Waals surface area (Å²) in [5.74, 6) is -6.60. The molecule has 23 nitrogen and oxygen atoms in total. The van der Waals surface area contributed by atoms with E-state index >= 15 is 0 Å². The van der Waals surface area contributed by atoms with Gasteiger partial charge in [-0.1, -0.05) is 127 Å². The van der Waals surface area contributed by atoms with Crippen LogP contribution in [0.2, 0.25) is 0 Å². The van der Waals surface area contributed by atoms with E-state index in [4.69, 9.17) is 37.9 Å². The van der Waals surface area contributed by atoms with Crippen LogP contribution in [0.15, 0.2) is 193 Å². The Morgan fingerprint density at radius 3 is 0.957 bits per heavy atom. The number of carbonyl (C=O) groups excluding carboxylic acids is 8. The van der Waals surface area contributed by atoms with Crippen LogP contribution in [0.25, 0.3) is 0 Å². The fourth-order valence-electron chi connectivity index (χ4n) is 14.0. The zero-order chi connectivity index (χ0) is 87.1. The molecule has 0 amide bonds. The third-order valence-electron chi connectivity index (χ3n) is 19.2. The Hall–Kier alpha value is -10.9. The molecule has 0 spiro atoms. The topological polar surface area (TPSA) is 284 Å². The third kappa shape index (κ3) is 24.6. The number of hydrogen-bond acceptors (Lipinski definition) is 22. The molecule has 4 heterocycles. The molecule has 630 valence electrons. The van der Waals surface area contributed by atoms with E-state index in [0.29, 0.717) is 116 Å². The molecule has 0 saturated heterocycles. The lowest BCUT2D eigenvalue weighted by molar-refractivity contribution is -0.384. The molecule has 8 rings (SSSR count). The number of nitro groups is 1. The molecule has 2 N–H and O–H groups in total. The molecule has 4 atom stereocenters. The number of allylic oxidation sites excluding steroid dienone is 8. The standard InChI is InChI=1S/C26H37NO4.C24H32N2O6.C21H26FNO4.C21H27NO4/c1-10-15-30-24(28)21-17(4)27(9)18(5)22(25(29)31-16(2)3)23(21)19-11-13-20(14-12-19)26(6,7)8;1-8-13-31-23(27)20-16(6)25(14(2)3)17(7)21(24(28)32-15(4)5)22(20)18-9-11-19(12-10-18)26(29)30;1-6-11-26-20(24)17-13(4)23-14(5)18(21(25)27-12(2)3)19(17)15-7-9-16(22)10-8-15;1-6-12-25-20(23)17-14(4)22-15(5)18(21(24)26-13(2)3)19(17)16-10-8-7-9-11-16/h11-14,16,23H,10,15H2,1-9H3;9-12,14-15,22H,8,13H2,1-7H3;7-10,12,19,23H,6,11H2,1-5H3;7-11,13,19,22H,6,12H2,1-5H3. The maximum absolute atomic E-state index is 13.4. The van der Waals surface area contributed by atoms with E-state index < -0.39 is 82.2 Å². The highest BCUT2D eigenvalue weighted by Gasteiger charge is 2.45. The molecule has 24 heteroatoms. The Kier molecular flexibility index (Phi) is 36.1. The molecular weight excluding hydrogens is 1480 g/mol. The third-order valence-corrected chi connectivity index (χ3v) is 19.2. The van der Waals surface area contributed by atoms with Crippen LogP contribution >= 0.6 is 0 Å². The summed E-state index contributed by atoms with van der Waals surface area (Å²) in [6.45, 7) is 48.2. The largest absolute Gasteiger partial charge is 0.462 e. The van der Waals surface area contributed by atoms with Crippen molar-refractivity contribution in [2.75, 3.05) is 33.5 Å². The highest BCUT2D eigenvalue weighted by molar-refractivity contribution is 6.03. The molecule has 0 aliphatic carbocycles. The van der Waals surface area contributed by atoms with Gasteiger partial charge in [-0.3, -0.25) is 10.1 Å². The van der Waals surface area contributed by atoms with E-state index in [1.54, 1.807) is 79.7 Å². The van der Waals surface area contributed by atoms with Crippen molar-refractivity contribution in [1.82, 2.24) is 20.4 Å². The van der Waals surface area contributed by atoms with Crippen LogP contribution in [0, 0.1) is 15.9 Å². The summed E-state index contributed by atoms with van der Waals surface area (Å²) < 4.78 is 57.1. The Balaban J connectivity index is 0.000000277. The van der Waals surface area contributed by atoms with Gasteiger partial charge in [0, 0.05) is 70.8 Å². The Bertz CT molecular complexity index is 4470. The lowest BCUT2D eigenvalue weighted by Crippen LogP contribution is -2.38. The molecule has 0 aromatic heterocycles. The first-order valence-electron chi connectivity index (χ1n) is 39.9. The second kappa shape index (κ2) is 43.7. The maximum atomic E-state index is 13.4. The van der Waals surface area contributed by atoms with E-state index in [2.05, 4.69) is 43.5 Å². The zero-order valence-corrected chi connectivity index (χ0v) is 72.7. The fraction of sp³-hybridized carbons (Fsp3) is 0.478. The van der Waals surface area contributed by atoms with Gasteiger partial charge in [0.15, 0.2) is 0 Å². The summed E-state index contributed by atoms with van der Waals surface area (Å²) in [4.78, 5) is 118. The molecule has 4 aromatic carbocycles. The number of nitro benzene ring substituents is 1. The molecule has 0 bridgehead atoms. The first-order chi connectivity index (χ1) is 54.5. The molecule has 4 aliphatic heterocycles. The van der Waals surface area contributed by atoms with Gasteiger partial charge in [0.1, 0.15) is 5.82 Å². The number of non-ortho nitro benzene ring substituents is 1. The molecule has 0 fully saturated rings. The average Bonchev–Trinajstić information content (AvgIpc) is 0.769. The smallest absolute Gasteiger partial charge is 0.337 e. The van der Waals surface area contributed by atoms with Crippen LogP contribution in [0.5, 0.6) is 0 Å². The van der Waals surface area contributed by atoms with Crippen molar-refractivity contribution < 1.29 is 85.6 Å². The lowest BCUT2D eigenvalue weighted by atomic mass is 9.78. The molecule has 0 radical (unpaired) electrons. The van der Waals surface area contributed by atoms with Crippen molar-refractivity contribution in [2.24, 2.45) is 0 Å². The second-order valence-corrected chi connectivity index (χ2v) is 31.2. The number of hydrogen-bond donors (Lipinski definition) is 2. The number of benzene rings is 4. The Morgan fingerprint density at radius 2 is 0.655 bits per heavy atom. The number of nitrogens with zero attached hydrogens (tertiary/aromatic N) is 3. The molecule has 4 aromatic rings. The van der Waals surface area contributed by atoms with Crippen LogP contribution in [0.4, 0.5) is 10.1 Å². The summed E-state index contributed by atoms with van der Waals surface area (Å²) in [5.41, 5.74) is 12.7. The van der Waals surface area contributed by atoms with Gasteiger partial charge in [-0.15, -0.1) is 0 Å². The van der Waals surface area contributed by atoms with Gasteiger partial charge in [0.2, 0.25) is 0 Å². The van der Waals surface area contributed by atoms with Crippen LogP contribution in [0.1, 0.15) is 250 Å². The van der Waals surface area contributed by atoms with E-state index in [9.17, 15) is 52.9 Å². The molecule has 4 unspecified atom stereocenters. The van der Waals surface area contributed by atoms with Crippen molar-refractivity contribution in [1.29, 1.82) is 0 Å². The van der Waals surface area contributed by atoms with Crippen LogP contribution in [-0.4, -0.2) is 126 Å². The maximum Gasteiger partial charge on any atom is 0.337 e. The van der Waals surface area contributed by atoms with Gasteiger partial charge in [-0.05, 0) is 196 Å². The summed E-state index contributed by atoms with van der Waals surface area (Å²) >= 11 is 0. The summed E-state index contributed by atoms with van der Waals surface area (Å²) in [6, 6.07) is 29.3.